The van der Waals surface area contributed by atoms with E-state index in [4.69, 9.17) is 4.74 Å². The van der Waals surface area contributed by atoms with E-state index in [0.29, 0.717) is 17.6 Å². The van der Waals surface area contributed by atoms with E-state index in [1.54, 1.807) is 12.1 Å². The molecule has 0 spiro atoms. The molecule has 1 amide bonds. The van der Waals surface area contributed by atoms with Crippen LogP contribution in [-0.2, 0) is 11.2 Å². The van der Waals surface area contributed by atoms with E-state index < -0.39 is 0 Å². The van der Waals surface area contributed by atoms with Crippen LogP contribution in [0.15, 0.2) is 40.9 Å². The van der Waals surface area contributed by atoms with Crippen LogP contribution in [0.4, 0.5) is 4.39 Å². The van der Waals surface area contributed by atoms with Gasteiger partial charge in [0.25, 0.3) is 0 Å². The van der Waals surface area contributed by atoms with Gasteiger partial charge in [-0.3, -0.25) is 4.79 Å². The number of amides is 1. The summed E-state index contributed by atoms with van der Waals surface area (Å²) in [4.78, 5) is 14.2. The smallest absolute Gasteiger partial charge is 0.225 e. The van der Waals surface area contributed by atoms with E-state index in [2.05, 4.69) is 22.0 Å². The lowest BCUT2D eigenvalue weighted by Crippen LogP contribution is -2.38. The zero-order valence-electron chi connectivity index (χ0n) is 16.4. The zero-order valence-corrected chi connectivity index (χ0v) is 18.0. The first kappa shape index (κ1) is 19.1. The molecule has 1 saturated heterocycles. The van der Waals surface area contributed by atoms with Gasteiger partial charge in [-0.1, -0.05) is 34.1 Å². The van der Waals surface area contributed by atoms with Gasteiger partial charge in [0.1, 0.15) is 6.10 Å². The van der Waals surface area contributed by atoms with Gasteiger partial charge in [0, 0.05) is 29.0 Å². The number of rotatable bonds is 4. The lowest BCUT2D eigenvalue weighted by atomic mass is 9.89. The molecule has 2 fully saturated rings. The highest BCUT2D eigenvalue weighted by atomic mass is 79.9. The molecule has 1 saturated carbocycles. The fraction of sp³-hybridized carbons (Fsp3) is 0.458. The van der Waals surface area contributed by atoms with Gasteiger partial charge < -0.3 is 9.64 Å². The Morgan fingerprint density at radius 2 is 1.86 bits per heavy atom. The summed E-state index contributed by atoms with van der Waals surface area (Å²) < 4.78 is 22.0. The zero-order chi connectivity index (χ0) is 20.0. The molecule has 3 nitrogen and oxygen atoms in total. The Hall–Kier alpha value is -1.88. The molecule has 2 aromatic carbocycles. The van der Waals surface area contributed by atoms with E-state index in [-0.39, 0.29) is 17.8 Å². The molecule has 2 aliphatic carbocycles. The first-order chi connectivity index (χ1) is 14.1. The van der Waals surface area contributed by atoms with Crippen LogP contribution in [0.2, 0.25) is 0 Å². The van der Waals surface area contributed by atoms with Crippen molar-refractivity contribution < 1.29 is 13.9 Å². The third-order valence-electron chi connectivity index (χ3n) is 6.57. The minimum atomic E-state index is -0.292. The summed E-state index contributed by atoms with van der Waals surface area (Å²) >= 11 is 3.61. The summed E-state index contributed by atoms with van der Waals surface area (Å²) in [5.41, 5.74) is 3.43. The standard InChI is InChI=1S/C24H25BrFNO2/c25-19-3-1-2-16-6-9-22(23(16)19)29-21-8-7-18(14-20(21)26)15-10-12-27(13-11-15)24(28)17-4-5-17/h1-3,7-8,14-15,17,22H,4-6,9-13H2. The molecule has 1 heterocycles. The SMILES string of the molecule is O=C(C1CC1)N1CCC(c2ccc(OC3CCc4cccc(Br)c43)c(F)c2)CC1. The van der Waals surface area contributed by atoms with Crippen LogP contribution in [0.25, 0.3) is 0 Å². The molecule has 5 rings (SSSR count). The third-order valence-corrected chi connectivity index (χ3v) is 7.26. The number of halogens is 2. The Kier molecular flexibility index (Phi) is 5.10. The number of carbonyl (C=O) groups excluding carboxylic acids is 1. The van der Waals surface area contributed by atoms with Crippen LogP contribution in [-0.4, -0.2) is 23.9 Å². The average Bonchev–Trinajstić information content (AvgIpc) is 3.50. The van der Waals surface area contributed by atoms with Gasteiger partial charge in [0.2, 0.25) is 5.91 Å². The molecular weight excluding hydrogens is 433 g/mol. The molecule has 29 heavy (non-hydrogen) atoms. The maximum atomic E-state index is 14.9. The third kappa shape index (κ3) is 3.81. The van der Waals surface area contributed by atoms with Crippen LogP contribution in [0.1, 0.15) is 60.8 Å². The van der Waals surface area contributed by atoms with E-state index in [1.165, 1.54) is 5.56 Å². The predicted octanol–water partition coefficient (Wildman–Crippen LogP) is 5.77. The van der Waals surface area contributed by atoms with Gasteiger partial charge in [-0.05, 0) is 73.8 Å². The summed E-state index contributed by atoms with van der Waals surface area (Å²) in [5, 5.41) is 0. The van der Waals surface area contributed by atoms with Crippen LogP contribution in [0.3, 0.4) is 0 Å². The lowest BCUT2D eigenvalue weighted by molar-refractivity contribution is -0.133. The lowest BCUT2D eigenvalue weighted by Gasteiger charge is -2.32. The highest BCUT2D eigenvalue weighted by Crippen LogP contribution is 2.40. The number of ether oxygens (including phenoxy) is 1. The molecule has 0 bridgehead atoms. The number of carbonyl (C=O) groups is 1. The van der Waals surface area contributed by atoms with Gasteiger partial charge in [-0.25, -0.2) is 4.39 Å². The Bertz CT molecular complexity index is 934. The molecule has 2 aromatic rings. The Morgan fingerprint density at radius 1 is 1.07 bits per heavy atom. The molecule has 5 heteroatoms. The molecular formula is C24H25BrFNO2. The second-order valence-electron chi connectivity index (χ2n) is 8.52. The van der Waals surface area contributed by atoms with Gasteiger partial charge in [-0.15, -0.1) is 0 Å². The monoisotopic (exact) mass is 457 g/mol. The number of hydrogen-bond donors (Lipinski definition) is 0. The minimum Gasteiger partial charge on any atom is -0.483 e. The highest BCUT2D eigenvalue weighted by Gasteiger charge is 2.35. The number of benzene rings is 2. The van der Waals surface area contributed by atoms with Crippen molar-refractivity contribution in [3.8, 4) is 5.75 Å². The summed E-state index contributed by atoms with van der Waals surface area (Å²) in [6, 6.07) is 11.6. The van der Waals surface area contributed by atoms with Gasteiger partial charge in [-0.2, -0.15) is 0 Å². The van der Waals surface area contributed by atoms with Gasteiger partial charge in [0.15, 0.2) is 11.6 Å². The second-order valence-corrected chi connectivity index (χ2v) is 9.38. The summed E-state index contributed by atoms with van der Waals surface area (Å²) in [7, 11) is 0. The van der Waals surface area contributed by atoms with E-state index in [0.717, 1.165) is 67.2 Å². The van der Waals surface area contributed by atoms with Crippen molar-refractivity contribution in [1.29, 1.82) is 0 Å². The quantitative estimate of drug-likeness (QED) is 0.582. The Morgan fingerprint density at radius 3 is 2.59 bits per heavy atom. The summed E-state index contributed by atoms with van der Waals surface area (Å²) in [6.45, 7) is 1.57. The van der Waals surface area contributed by atoms with Crippen LogP contribution < -0.4 is 4.74 Å². The number of aryl methyl sites for hydroxylation is 1. The maximum absolute atomic E-state index is 14.9. The van der Waals surface area contributed by atoms with Crippen molar-refractivity contribution in [2.75, 3.05) is 13.1 Å². The summed E-state index contributed by atoms with van der Waals surface area (Å²) in [5.74, 6) is 0.939. The predicted molar refractivity (Wildman–Crippen MR) is 114 cm³/mol. The van der Waals surface area contributed by atoms with E-state index >= 15 is 0 Å². The fourth-order valence-corrected chi connectivity index (χ4v) is 5.41. The molecule has 3 aliphatic rings. The second kappa shape index (κ2) is 7.75. The highest BCUT2D eigenvalue weighted by molar-refractivity contribution is 9.10. The molecule has 152 valence electrons. The van der Waals surface area contributed by atoms with Gasteiger partial charge in [0.05, 0.1) is 0 Å². The van der Waals surface area contributed by atoms with Crippen molar-refractivity contribution in [3.63, 3.8) is 0 Å². The molecule has 1 atom stereocenters. The summed E-state index contributed by atoms with van der Waals surface area (Å²) in [6.07, 6.45) is 5.62. The Labute approximate surface area is 179 Å². The molecule has 0 aromatic heterocycles. The van der Waals surface area contributed by atoms with Crippen molar-refractivity contribution >= 4 is 21.8 Å². The molecule has 0 radical (unpaired) electrons. The first-order valence-electron chi connectivity index (χ1n) is 10.6. The number of likely N-dealkylation sites (tertiary alicyclic amines) is 1. The number of piperidine rings is 1. The molecule has 1 aliphatic heterocycles. The van der Waals surface area contributed by atoms with Crippen LogP contribution in [0.5, 0.6) is 5.75 Å². The number of hydrogen-bond acceptors (Lipinski definition) is 2. The number of nitrogens with zero attached hydrogens (tertiary/aromatic N) is 1. The van der Waals surface area contributed by atoms with Crippen molar-refractivity contribution in [2.24, 2.45) is 5.92 Å². The molecule has 0 N–H and O–H groups in total. The Balaban J connectivity index is 1.25. The van der Waals surface area contributed by atoms with Crippen LogP contribution >= 0.6 is 15.9 Å². The van der Waals surface area contributed by atoms with Gasteiger partial charge >= 0.3 is 0 Å². The maximum Gasteiger partial charge on any atom is 0.225 e. The average molecular weight is 458 g/mol. The molecule has 1 unspecified atom stereocenters. The van der Waals surface area contributed by atoms with Crippen LogP contribution in [0, 0.1) is 11.7 Å². The topological polar surface area (TPSA) is 29.5 Å². The van der Waals surface area contributed by atoms with Crippen molar-refractivity contribution in [1.82, 2.24) is 4.90 Å². The first-order valence-corrected chi connectivity index (χ1v) is 11.4. The van der Waals surface area contributed by atoms with E-state index in [9.17, 15) is 9.18 Å². The van der Waals surface area contributed by atoms with Crippen molar-refractivity contribution in [2.45, 2.75) is 50.5 Å². The largest absolute Gasteiger partial charge is 0.483 e. The van der Waals surface area contributed by atoms with E-state index in [1.807, 2.05) is 23.1 Å². The van der Waals surface area contributed by atoms with Crippen molar-refractivity contribution in [3.05, 3.63) is 63.4 Å². The normalized spacial score (nSPS) is 21.9. The fourth-order valence-electron chi connectivity index (χ4n) is 4.75. The minimum absolute atomic E-state index is 0.113. The number of fused-ring (bicyclic) bond motifs is 1.